The number of nitrogens with zero attached hydrogens (tertiary/aromatic N) is 1. The topological polar surface area (TPSA) is 68.3 Å². The van der Waals surface area contributed by atoms with Crippen molar-refractivity contribution in [2.45, 2.75) is 24.8 Å². The Balaban J connectivity index is 2.22. The summed E-state index contributed by atoms with van der Waals surface area (Å²) < 4.78 is 80.0. The Bertz CT molecular complexity index is 863. The van der Waals surface area contributed by atoms with Gasteiger partial charge in [-0.15, -0.1) is 11.3 Å². The average molecular weight is 426 g/mol. The third-order valence-electron chi connectivity index (χ3n) is 3.45. The van der Waals surface area contributed by atoms with Crippen LogP contribution in [0.1, 0.15) is 11.3 Å². The van der Waals surface area contributed by atoms with E-state index in [1.165, 1.54) is 22.8 Å². The van der Waals surface area contributed by atoms with Gasteiger partial charge in [0.1, 0.15) is 11.0 Å². The standard InChI is InChI=1S/C16H12F6N2O3S/c1-27-13(25)11(24-14(26)16(20,21)22)6-10-7-28-12(23-10)8-3-2-4-9(5-8)15(17,18)19/h2-5,7,11H,6H2,1H3,(H,24,26). The lowest BCUT2D eigenvalue weighted by atomic mass is 10.1. The van der Waals surface area contributed by atoms with Crippen LogP contribution in [0, 0.1) is 0 Å². The van der Waals surface area contributed by atoms with E-state index >= 15 is 0 Å². The number of amides is 1. The molecule has 1 amide bonds. The molecule has 1 atom stereocenters. The molecular formula is C16H12F6N2O3S. The van der Waals surface area contributed by atoms with Crippen LogP contribution >= 0.6 is 11.3 Å². The van der Waals surface area contributed by atoms with Crippen LogP contribution in [0.3, 0.4) is 0 Å². The van der Waals surface area contributed by atoms with Crippen molar-refractivity contribution < 1.29 is 40.7 Å². The fourth-order valence-corrected chi connectivity index (χ4v) is 2.98. The minimum absolute atomic E-state index is 0.107. The number of halogens is 6. The lowest BCUT2D eigenvalue weighted by molar-refractivity contribution is -0.175. The number of esters is 1. The molecule has 2 aromatic rings. The van der Waals surface area contributed by atoms with Gasteiger partial charge in [-0.25, -0.2) is 9.78 Å². The minimum Gasteiger partial charge on any atom is -0.467 e. The minimum atomic E-state index is -5.20. The van der Waals surface area contributed by atoms with Crippen LogP contribution in [0.5, 0.6) is 0 Å². The number of thiazole rings is 1. The van der Waals surface area contributed by atoms with Crippen molar-refractivity contribution in [2.75, 3.05) is 7.11 Å². The Morgan fingerprint density at radius 2 is 1.89 bits per heavy atom. The van der Waals surface area contributed by atoms with E-state index in [-0.39, 0.29) is 16.3 Å². The van der Waals surface area contributed by atoms with Crippen molar-refractivity contribution >= 4 is 23.2 Å². The molecule has 0 bridgehead atoms. The largest absolute Gasteiger partial charge is 0.471 e. The van der Waals surface area contributed by atoms with Gasteiger partial charge >= 0.3 is 24.2 Å². The summed E-state index contributed by atoms with van der Waals surface area (Å²) in [6.07, 6.45) is -10.2. The highest BCUT2D eigenvalue weighted by atomic mass is 32.1. The Hall–Kier alpha value is -2.63. The van der Waals surface area contributed by atoms with Crippen molar-refractivity contribution in [2.24, 2.45) is 0 Å². The number of methoxy groups -OCH3 is 1. The molecule has 1 aromatic heterocycles. The predicted molar refractivity (Wildman–Crippen MR) is 86.3 cm³/mol. The third-order valence-corrected chi connectivity index (χ3v) is 4.39. The molecule has 0 aliphatic rings. The summed E-state index contributed by atoms with van der Waals surface area (Å²) in [5.74, 6) is -3.44. The van der Waals surface area contributed by atoms with Gasteiger partial charge in [0.2, 0.25) is 0 Å². The van der Waals surface area contributed by atoms with Gasteiger partial charge in [-0.3, -0.25) is 4.79 Å². The van der Waals surface area contributed by atoms with E-state index in [1.807, 2.05) is 0 Å². The molecule has 28 heavy (non-hydrogen) atoms. The van der Waals surface area contributed by atoms with Crippen molar-refractivity contribution in [1.82, 2.24) is 10.3 Å². The van der Waals surface area contributed by atoms with Crippen LogP contribution in [0.2, 0.25) is 0 Å². The third kappa shape index (κ3) is 5.44. The maximum absolute atomic E-state index is 12.8. The molecule has 5 nitrogen and oxygen atoms in total. The number of benzene rings is 1. The fraction of sp³-hybridized carbons (Fsp3) is 0.312. The first kappa shape index (κ1) is 21.7. The van der Waals surface area contributed by atoms with E-state index in [0.717, 1.165) is 30.6 Å². The summed E-state index contributed by atoms with van der Waals surface area (Å²) in [5, 5.41) is 3.05. The maximum atomic E-state index is 12.8. The van der Waals surface area contributed by atoms with Crippen LogP contribution in [-0.2, 0) is 26.9 Å². The van der Waals surface area contributed by atoms with Crippen molar-refractivity contribution in [3.05, 3.63) is 40.9 Å². The zero-order chi connectivity index (χ0) is 21.1. The molecule has 152 valence electrons. The summed E-state index contributed by atoms with van der Waals surface area (Å²) in [7, 11) is 0.935. The van der Waals surface area contributed by atoms with E-state index in [9.17, 15) is 35.9 Å². The Morgan fingerprint density at radius 3 is 2.46 bits per heavy atom. The number of ether oxygens (including phenoxy) is 1. The molecule has 1 N–H and O–H groups in total. The van der Waals surface area contributed by atoms with Gasteiger partial charge in [0.25, 0.3) is 0 Å². The number of carbonyl (C=O) groups excluding carboxylic acids is 2. The smallest absolute Gasteiger partial charge is 0.467 e. The first-order valence-corrected chi connectivity index (χ1v) is 8.37. The van der Waals surface area contributed by atoms with Gasteiger partial charge in [0.15, 0.2) is 0 Å². The Morgan fingerprint density at radius 1 is 1.21 bits per heavy atom. The van der Waals surface area contributed by atoms with Gasteiger partial charge in [0.05, 0.1) is 18.4 Å². The zero-order valence-corrected chi connectivity index (χ0v) is 14.8. The van der Waals surface area contributed by atoms with E-state index < -0.39 is 42.3 Å². The number of carbonyl (C=O) groups is 2. The van der Waals surface area contributed by atoms with Gasteiger partial charge < -0.3 is 10.1 Å². The molecule has 2 rings (SSSR count). The highest BCUT2D eigenvalue weighted by Gasteiger charge is 2.41. The van der Waals surface area contributed by atoms with Crippen molar-refractivity contribution in [3.8, 4) is 10.6 Å². The summed E-state index contributed by atoms with van der Waals surface area (Å²) in [4.78, 5) is 26.8. The van der Waals surface area contributed by atoms with Gasteiger partial charge in [-0.1, -0.05) is 12.1 Å². The highest BCUT2D eigenvalue weighted by molar-refractivity contribution is 7.13. The Labute approximate surface area is 158 Å². The SMILES string of the molecule is COC(=O)C(Cc1csc(-c2cccc(C(F)(F)F)c2)n1)NC(=O)C(F)(F)F. The van der Waals surface area contributed by atoms with Gasteiger partial charge in [0, 0.05) is 17.4 Å². The second kappa shape index (κ2) is 8.17. The maximum Gasteiger partial charge on any atom is 0.471 e. The quantitative estimate of drug-likeness (QED) is 0.586. The number of alkyl halides is 6. The van der Waals surface area contributed by atoms with E-state index in [1.54, 1.807) is 0 Å². The monoisotopic (exact) mass is 426 g/mol. The van der Waals surface area contributed by atoms with Crippen LogP contribution < -0.4 is 5.32 Å². The lowest BCUT2D eigenvalue weighted by Gasteiger charge is -2.16. The normalized spacial score (nSPS) is 13.1. The molecule has 0 saturated heterocycles. The molecule has 0 spiro atoms. The molecule has 1 unspecified atom stereocenters. The summed E-state index contributed by atoms with van der Waals surface area (Å²) in [6, 6.07) is 2.70. The summed E-state index contributed by atoms with van der Waals surface area (Å²) in [6.45, 7) is 0. The summed E-state index contributed by atoms with van der Waals surface area (Å²) in [5.41, 5.74) is -0.623. The highest BCUT2D eigenvalue weighted by Crippen LogP contribution is 2.33. The van der Waals surface area contributed by atoms with Crippen LogP contribution in [0.25, 0.3) is 10.6 Å². The molecule has 12 heteroatoms. The number of hydrogen-bond acceptors (Lipinski definition) is 5. The number of rotatable bonds is 5. The first-order valence-electron chi connectivity index (χ1n) is 7.49. The lowest BCUT2D eigenvalue weighted by Crippen LogP contribution is -2.48. The van der Waals surface area contributed by atoms with Crippen molar-refractivity contribution in [1.29, 1.82) is 0 Å². The van der Waals surface area contributed by atoms with Gasteiger partial charge in [-0.05, 0) is 12.1 Å². The number of aromatic nitrogens is 1. The fourth-order valence-electron chi connectivity index (χ4n) is 2.15. The number of hydrogen-bond donors (Lipinski definition) is 1. The number of nitrogens with one attached hydrogen (secondary N) is 1. The van der Waals surface area contributed by atoms with E-state index in [2.05, 4.69) is 9.72 Å². The molecule has 0 saturated carbocycles. The molecule has 1 heterocycles. The molecule has 1 aromatic carbocycles. The Kier molecular flexibility index (Phi) is 6.32. The average Bonchev–Trinajstić information content (AvgIpc) is 3.07. The van der Waals surface area contributed by atoms with Gasteiger partial charge in [-0.2, -0.15) is 26.3 Å². The predicted octanol–water partition coefficient (Wildman–Crippen LogP) is 3.59. The molecule has 0 aliphatic carbocycles. The zero-order valence-electron chi connectivity index (χ0n) is 14.0. The second-order valence-corrected chi connectivity index (χ2v) is 6.33. The molecule has 0 aliphatic heterocycles. The van der Waals surface area contributed by atoms with E-state index in [0.29, 0.717) is 0 Å². The van der Waals surface area contributed by atoms with Crippen LogP contribution in [0.15, 0.2) is 29.6 Å². The van der Waals surface area contributed by atoms with Crippen LogP contribution in [-0.4, -0.2) is 36.2 Å². The van der Waals surface area contributed by atoms with Crippen LogP contribution in [0.4, 0.5) is 26.3 Å². The van der Waals surface area contributed by atoms with Crippen molar-refractivity contribution in [3.63, 3.8) is 0 Å². The molecular weight excluding hydrogens is 414 g/mol. The first-order chi connectivity index (χ1) is 12.9. The molecule has 0 fully saturated rings. The van der Waals surface area contributed by atoms with E-state index in [4.69, 9.17) is 0 Å². The second-order valence-electron chi connectivity index (χ2n) is 5.47. The molecule has 0 radical (unpaired) electrons. The summed E-state index contributed by atoms with van der Waals surface area (Å²) >= 11 is 0.942.